The molecule has 0 fully saturated rings. The molecule has 0 saturated carbocycles. The zero-order chi connectivity index (χ0) is 85.9. The van der Waals surface area contributed by atoms with Crippen molar-refractivity contribution in [2.75, 3.05) is 19.6 Å². The van der Waals surface area contributed by atoms with Crippen molar-refractivity contribution in [3.05, 3.63) is 18.2 Å². The highest BCUT2D eigenvalue weighted by Gasteiger charge is 2.37. The van der Waals surface area contributed by atoms with E-state index in [1.54, 1.807) is 0 Å². The Morgan fingerprint density at radius 3 is 0.761 bits per heavy atom. The van der Waals surface area contributed by atoms with Gasteiger partial charge in [0.1, 0.15) is 96.7 Å². The number of rotatable bonds is 55. The molecule has 1 aromatic heterocycles. The first-order valence-corrected chi connectivity index (χ1v) is 36.8. The van der Waals surface area contributed by atoms with E-state index < -0.39 is 254 Å². The second-order valence-corrected chi connectivity index (χ2v) is 27.0. The van der Waals surface area contributed by atoms with Crippen LogP contribution in [0.15, 0.2) is 12.5 Å². The highest BCUT2D eigenvalue weighted by atomic mass is 16.4. The molecule has 634 valence electrons. The number of carboxylic acids is 3. The van der Waals surface area contributed by atoms with Crippen LogP contribution in [0, 0.1) is 0 Å². The number of aromatic amines is 1. The topological polar surface area (TPSA) is 727 Å². The van der Waals surface area contributed by atoms with E-state index in [0.29, 0.717) is 32.2 Å². The lowest BCUT2D eigenvalue weighted by molar-refractivity contribution is -0.139. The molecule has 0 unspecified atom stereocenters. The van der Waals surface area contributed by atoms with E-state index in [1.807, 2.05) is 0 Å². The van der Waals surface area contributed by atoms with Gasteiger partial charge >= 0.3 is 17.9 Å². The van der Waals surface area contributed by atoms with Crippen LogP contribution in [0.4, 0.5) is 0 Å². The molecule has 1 rings (SSSR count). The summed E-state index contributed by atoms with van der Waals surface area (Å²) in [7, 11) is 0. The molecule has 1 aromatic rings. The highest BCUT2D eigenvalue weighted by Crippen LogP contribution is 2.11. The Bertz CT molecular complexity index is 3460. The fraction of sp³-hybridized carbons (Fsp3) is 0.662. The molecular formula is C68H114N22O23. The molecule has 0 saturated heterocycles. The summed E-state index contributed by atoms with van der Waals surface area (Å²) in [5.41, 5.74) is 22.6. The van der Waals surface area contributed by atoms with Crippen LogP contribution in [0.1, 0.15) is 171 Å². The van der Waals surface area contributed by atoms with Crippen molar-refractivity contribution in [1.82, 2.24) is 95.0 Å². The number of unbranched alkanes of at least 4 members (excludes halogenated alkanes) is 3. The molecule has 0 aliphatic carbocycles. The molecule has 16 atom stereocenters. The monoisotopic (exact) mass is 1610 g/mol. The minimum Gasteiger partial charge on any atom is -0.481 e. The average molecular weight is 1610 g/mol. The maximum Gasteiger partial charge on any atom is 0.303 e. The van der Waals surface area contributed by atoms with Gasteiger partial charge in [-0.1, -0.05) is 0 Å². The van der Waals surface area contributed by atoms with Gasteiger partial charge in [-0.15, -0.1) is 0 Å². The molecular weight excluding hydrogens is 1490 g/mol. The predicted molar refractivity (Wildman–Crippen MR) is 398 cm³/mol. The van der Waals surface area contributed by atoms with Gasteiger partial charge in [0, 0.05) is 44.5 Å². The number of nitrogens with two attached hydrogens (primary N) is 4. The summed E-state index contributed by atoms with van der Waals surface area (Å²) in [6, 6.07) is -22.9. The number of hydrogen-bond acceptors (Lipinski definition) is 24. The van der Waals surface area contributed by atoms with Gasteiger partial charge in [0.15, 0.2) is 0 Å². The van der Waals surface area contributed by atoms with Gasteiger partial charge in [-0.3, -0.25) is 95.9 Å². The lowest BCUT2D eigenvalue weighted by atomic mass is 10.0. The predicted octanol–water partition coefficient (Wildman–Crippen LogP) is -8.63. The molecule has 28 N–H and O–H groups in total. The van der Waals surface area contributed by atoms with Crippen LogP contribution >= 0.6 is 0 Å². The smallest absolute Gasteiger partial charge is 0.303 e. The molecule has 0 aliphatic rings. The van der Waals surface area contributed by atoms with Crippen molar-refractivity contribution >= 4 is 118 Å². The lowest BCUT2D eigenvalue weighted by Crippen LogP contribution is -2.60. The molecule has 17 amide bonds. The van der Waals surface area contributed by atoms with E-state index in [-0.39, 0.29) is 57.3 Å². The Balaban J connectivity index is 3.31. The van der Waals surface area contributed by atoms with Crippen LogP contribution < -0.4 is 108 Å². The van der Waals surface area contributed by atoms with Gasteiger partial charge in [0.05, 0.1) is 6.33 Å². The van der Waals surface area contributed by atoms with E-state index in [4.69, 9.17) is 22.9 Å². The zero-order valence-corrected chi connectivity index (χ0v) is 65.1. The van der Waals surface area contributed by atoms with Crippen LogP contribution in [-0.4, -0.2) is 260 Å². The van der Waals surface area contributed by atoms with Crippen LogP contribution in [0.2, 0.25) is 0 Å². The largest absolute Gasteiger partial charge is 0.481 e. The first kappa shape index (κ1) is 99.5. The van der Waals surface area contributed by atoms with E-state index in [9.17, 15) is 111 Å². The Labute approximate surface area is 651 Å². The molecule has 0 spiro atoms. The van der Waals surface area contributed by atoms with Gasteiger partial charge in [-0.25, -0.2) is 4.98 Å². The summed E-state index contributed by atoms with van der Waals surface area (Å²) < 4.78 is 0. The lowest BCUT2D eigenvalue weighted by Gasteiger charge is -2.27. The number of nitrogens with zero attached hydrogens (tertiary/aromatic N) is 1. The summed E-state index contributed by atoms with van der Waals surface area (Å²) in [4.78, 5) is 268. The standard InChI is InChI=1S/C68H114N22O23/c1-32(53(72)98)76-62(107)43(17-11-14-26-69)84-59(104)38(7)78-54(99)34(3)77-55(100)35(4)82-64(109)47(21-24-51(94)95)88-66(111)44(18-12-15-27-70)85-60(105)39(8)79-56(101)37(6)83-65(110)48(22-25-52(96)97)89-67(112)45(19-13-16-28-71)87-68(113)49(29-42-30-73-31-74-42)90-61(106)40(9)80-57(102)36(5)81-63(108)46(20-23-50(92)93)86-58(103)33(2)75-41(10)91/h30-40,43-49H,11-29,69-71H2,1-10H3,(H2,72,98)(H,73,74)(H,75,91)(H,76,107)(H,77,100)(H,78,99)(H,79,101)(H,80,102)(H,81,108)(H,82,109)(H,83,110)(H,84,104)(H,85,105)(H,86,103)(H,87,113)(H,88,111)(H,89,112)(H,90,106)(H,92,93)(H,94,95)(H,96,97)/t32-,33-,34-,35-,36-,37-,38-,39-,40-,43-,44-,45-,46-,47-,48-,49-/m0/s1. The molecule has 1 heterocycles. The van der Waals surface area contributed by atoms with Crippen molar-refractivity contribution in [1.29, 1.82) is 0 Å². The number of amides is 17. The summed E-state index contributed by atoms with van der Waals surface area (Å²) >= 11 is 0. The molecule has 45 heteroatoms. The third-order valence-electron chi connectivity index (χ3n) is 17.1. The minimum atomic E-state index is -1.73. The first-order valence-electron chi connectivity index (χ1n) is 36.8. The Hall–Kier alpha value is -11.5. The summed E-state index contributed by atoms with van der Waals surface area (Å²) in [5.74, 6) is -20.0. The second kappa shape index (κ2) is 51.9. The first-order chi connectivity index (χ1) is 53.0. The Morgan fingerprint density at radius 2 is 0.522 bits per heavy atom. The maximum absolute atomic E-state index is 14.3. The molecule has 113 heavy (non-hydrogen) atoms. The number of carbonyl (C=O) groups excluding carboxylic acids is 17. The minimum absolute atomic E-state index is 0.117. The van der Waals surface area contributed by atoms with Gasteiger partial charge in [0.2, 0.25) is 100 Å². The van der Waals surface area contributed by atoms with Gasteiger partial charge in [-0.05, 0) is 159 Å². The van der Waals surface area contributed by atoms with Gasteiger partial charge < -0.3 is 128 Å². The molecule has 0 aromatic carbocycles. The zero-order valence-electron chi connectivity index (χ0n) is 65.1. The average Bonchev–Trinajstić information content (AvgIpc) is 1.79. The van der Waals surface area contributed by atoms with Crippen LogP contribution in [0.3, 0.4) is 0 Å². The fourth-order valence-corrected chi connectivity index (χ4v) is 10.2. The van der Waals surface area contributed by atoms with E-state index in [0.717, 1.165) is 13.8 Å². The highest BCUT2D eigenvalue weighted by molar-refractivity contribution is 6.01. The maximum atomic E-state index is 14.3. The van der Waals surface area contributed by atoms with E-state index in [1.165, 1.54) is 67.9 Å². The number of primary amides is 1. The van der Waals surface area contributed by atoms with Crippen LogP contribution in [0.25, 0.3) is 0 Å². The number of H-pyrrole nitrogens is 1. The number of nitrogens with one attached hydrogen (secondary N) is 17. The van der Waals surface area contributed by atoms with Crippen molar-refractivity contribution in [3.8, 4) is 0 Å². The number of carbonyl (C=O) groups is 20. The number of imidazole rings is 1. The van der Waals surface area contributed by atoms with Crippen LogP contribution in [0.5, 0.6) is 0 Å². The van der Waals surface area contributed by atoms with Crippen molar-refractivity contribution in [2.45, 2.75) is 269 Å². The number of aromatic nitrogens is 2. The second-order valence-electron chi connectivity index (χ2n) is 27.0. The van der Waals surface area contributed by atoms with Crippen molar-refractivity contribution in [2.24, 2.45) is 22.9 Å². The Kier molecular flexibility index (Phi) is 45.7. The van der Waals surface area contributed by atoms with Gasteiger partial charge in [0.25, 0.3) is 0 Å². The van der Waals surface area contributed by atoms with Gasteiger partial charge in [-0.2, -0.15) is 0 Å². The third-order valence-corrected chi connectivity index (χ3v) is 17.1. The van der Waals surface area contributed by atoms with Crippen molar-refractivity contribution < 1.29 is 111 Å². The number of aliphatic carboxylic acids is 3. The quantitative estimate of drug-likeness (QED) is 0.0269. The number of carboxylic acid groups (broad SMARTS) is 3. The molecule has 45 nitrogen and oxygen atoms in total. The summed E-state index contributed by atoms with van der Waals surface area (Å²) in [6.07, 6.45) is 0.421. The van der Waals surface area contributed by atoms with E-state index >= 15 is 0 Å². The van der Waals surface area contributed by atoms with Crippen molar-refractivity contribution in [3.63, 3.8) is 0 Å². The normalized spacial score (nSPS) is 15.2. The molecule has 0 bridgehead atoms. The summed E-state index contributed by atoms with van der Waals surface area (Å²) in [5, 5.41) is 66.9. The summed E-state index contributed by atoms with van der Waals surface area (Å²) in [6.45, 7) is 12.9. The Morgan fingerprint density at radius 1 is 0.310 bits per heavy atom. The number of hydrogen-bond donors (Lipinski definition) is 24. The van der Waals surface area contributed by atoms with Crippen LogP contribution in [-0.2, 0) is 102 Å². The SMILES string of the molecule is CC(=O)N[C@@H](C)C(=O)N[C@@H](CCC(=O)O)C(=O)N[C@@H](C)C(=O)N[C@@H](C)C(=O)N[C@@H](Cc1cnc[nH]1)C(=O)N[C@@H](CCCCN)C(=O)N[C@@H](CCC(=O)O)C(=O)N[C@@H](C)C(=O)N[C@@H](C)C(=O)N[C@@H](CCCCN)C(=O)N[C@@H](CCC(=O)O)C(=O)N[C@@H](C)C(=O)N[C@@H](C)C(=O)N[C@@H](C)C(=O)N[C@@H](CCCCN)C(=O)N[C@@H](C)C(N)=O. The fourth-order valence-electron chi connectivity index (χ4n) is 10.2. The molecule has 0 radical (unpaired) electrons. The van der Waals surface area contributed by atoms with E-state index in [2.05, 4.69) is 95.0 Å². The molecule has 0 aliphatic heterocycles. The third kappa shape index (κ3) is 39.3.